The van der Waals surface area contributed by atoms with E-state index in [1.54, 1.807) is 12.1 Å². The first-order chi connectivity index (χ1) is 12.2. The van der Waals surface area contributed by atoms with Gasteiger partial charge < -0.3 is 9.47 Å². The van der Waals surface area contributed by atoms with E-state index in [1.165, 1.54) is 4.90 Å². The summed E-state index contributed by atoms with van der Waals surface area (Å²) in [4.78, 5) is 30.2. The number of anilines is 1. The zero-order chi connectivity index (χ0) is 18.9. The molecule has 3 rings (SSSR count). The second-order valence-corrected chi connectivity index (χ2v) is 8.87. The van der Waals surface area contributed by atoms with E-state index in [-0.39, 0.29) is 30.6 Å². The van der Waals surface area contributed by atoms with Crippen LogP contribution >= 0.6 is 15.9 Å². The van der Waals surface area contributed by atoms with Crippen molar-refractivity contribution in [2.75, 3.05) is 18.1 Å². The molecule has 0 saturated heterocycles. The average molecular weight is 425 g/mol. The molecule has 7 heteroatoms. The average Bonchev–Trinajstić information content (AvgIpc) is 2.57. The first kappa shape index (κ1) is 19.1. The smallest absolute Gasteiger partial charge is 0.326 e. The van der Waals surface area contributed by atoms with Gasteiger partial charge in [0.1, 0.15) is 17.3 Å². The van der Waals surface area contributed by atoms with Crippen LogP contribution in [0.25, 0.3) is 0 Å². The number of amides is 1. The molecule has 0 bridgehead atoms. The van der Waals surface area contributed by atoms with E-state index in [0.29, 0.717) is 22.1 Å². The van der Waals surface area contributed by atoms with Crippen LogP contribution in [0.4, 0.5) is 5.82 Å². The summed E-state index contributed by atoms with van der Waals surface area (Å²) >= 11 is 3.28. The molecule has 142 valence electrons. The minimum atomic E-state index is -0.396. The van der Waals surface area contributed by atoms with Crippen LogP contribution in [0.3, 0.4) is 0 Å². The Hall–Kier alpha value is -1.63. The molecule has 1 amide bonds. The van der Waals surface area contributed by atoms with Crippen molar-refractivity contribution in [1.82, 2.24) is 4.98 Å². The van der Waals surface area contributed by atoms with Gasteiger partial charge in [-0.2, -0.15) is 0 Å². The van der Waals surface area contributed by atoms with E-state index in [4.69, 9.17) is 9.47 Å². The molecule has 0 spiro atoms. The Morgan fingerprint density at radius 2 is 2.00 bits per heavy atom. The lowest BCUT2D eigenvalue weighted by molar-refractivity contribution is -0.150. The quantitative estimate of drug-likeness (QED) is 0.546. The molecule has 0 aromatic carbocycles. The third-order valence-corrected chi connectivity index (χ3v) is 5.64. The Balaban J connectivity index is 1.59. The summed E-state index contributed by atoms with van der Waals surface area (Å²) in [6.07, 6.45) is 3.83. The molecule has 2 aliphatic rings. The van der Waals surface area contributed by atoms with Gasteiger partial charge in [-0.1, -0.05) is 20.8 Å². The summed E-state index contributed by atoms with van der Waals surface area (Å²) in [5.41, 5.74) is 0.290. The summed E-state index contributed by atoms with van der Waals surface area (Å²) in [5.74, 6) is 0.811. The highest BCUT2D eigenvalue weighted by atomic mass is 79.9. The predicted octanol–water partition coefficient (Wildman–Crippen LogP) is 3.72. The molecule has 0 atom stereocenters. The lowest BCUT2D eigenvalue weighted by atomic mass is 9.72. The van der Waals surface area contributed by atoms with Crippen LogP contribution in [0.2, 0.25) is 0 Å². The Morgan fingerprint density at radius 1 is 1.31 bits per heavy atom. The molecular formula is C19H25BrN2O4. The number of esters is 1. The monoisotopic (exact) mass is 424 g/mol. The number of ether oxygens (including phenoxy) is 2. The molecule has 1 fully saturated rings. The van der Waals surface area contributed by atoms with Gasteiger partial charge in [-0.3, -0.25) is 14.5 Å². The van der Waals surface area contributed by atoms with E-state index in [1.807, 2.05) is 0 Å². The van der Waals surface area contributed by atoms with Crippen molar-refractivity contribution in [3.05, 3.63) is 16.7 Å². The van der Waals surface area contributed by atoms with E-state index in [2.05, 4.69) is 41.7 Å². The van der Waals surface area contributed by atoms with Crippen LogP contribution < -0.4 is 9.64 Å². The van der Waals surface area contributed by atoms with Gasteiger partial charge in [0.05, 0.1) is 0 Å². The largest absolute Gasteiger partial charge is 0.480 e. The van der Waals surface area contributed by atoms with Gasteiger partial charge in [-0.25, -0.2) is 4.98 Å². The number of hydrogen-bond acceptors (Lipinski definition) is 5. The number of carbonyl (C=O) groups excluding carboxylic acids is 2. The van der Waals surface area contributed by atoms with Gasteiger partial charge in [0, 0.05) is 0 Å². The SMILES string of the molecule is CC(C)(C)C1CCC(OC(=O)CN2C(=O)COc3ccc(Br)nc32)CC1. The van der Waals surface area contributed by atoms with Crippen molar-refractivity contribution < 1.29 is 19.1 Å². The number of nitrogens with zero attached hydrogens (tertiary/aromatic N) is 2. The summed E-state index contributed by atoms with van der Waals surface area (Å²) in [7, 11) is 0. The summed E-state index contributed by atoms with van der Waals surface area (Å²) in [5, 5.41) is 0. The number of halogens is 1. The fraction of sp³-hybridized carbons (Fsp3) is 0.632. The Morgan fingerprint density at radius 3 is 2.65 bits per heavy atom. The zero-order valence-corrected chi connectivity index (χ0v) is 17.0. The summed E-state index contributed by atoms with van der Waals surface area (Å²) < 4.78 is 11.6. The van der Waals surface area contributed by atoms with Crippen molar-refractivity contribution in [2.45, 2.75) is 52.6 Å². The highest BCUT2D eigenvalue weighted by Crippen LogP contribution is 2.38. The fourth-order valence-electron chi connectivity index (χ4n) is 3.62. The molecular weight excluding hydrogens is 400 g/mol. The highest BCUT2D eigenvalue weighted by Gasteiger charge is 2.33. The zero-order valence-electron chi connectivity index (χ0n) is 15.5. The van der Waals surface area contributed by atoms with Crippen LogP contribution in [0.15, 0.2) is 16.7 Å². The third-order valence-electron chi connectivity index (χ3n) is 5.20. The van der Waals surface area contributed by atoms with Gasteiger partial charge in [-0.05, 0) is 65.1 Å². The van der Waals surface area contributed by atoms with Crippen LogP contribution in [-0.4, -0.2) is 36.1 Å². The first-order valence-electron chi connectivity index (χ1n) is 9.03. The Kier molecular flexibility index (Phi) is 5.55. The van der Waals surface area contributed by atoms with Crippen molar-refractivity contribution in [1.29, 1.82) is 0 Å². The molecule has 0 unspecified atom stereocenters. The molecule has 6 nitrogen and oxygen atoms in total. The third kappa shape index (κ3) is 4.37. The van der Waals surface area contributed by atoms with E-state index in [9.17, 15) is 9.59 Å². The maximum atomic E-state index is 12.4. The van der Waals surface area contributed by atoms with Gasteiger partial charge >= 0.3 is 5.97 Å². The molecule has 1 aliphatic heterocycles. The van der Waals surface area contributed by atoms with Crippen LogP contribution in [0.1, 0.15) is 46.5 Å². The minimum absolute atomic E-state index is 0.0628. The van der Waals surface area contributed by atoms with Crippen molar-refractivity contribution in [2.24, 2.45) is 11.3 Å². The molecule has 1 aromatic rings. The second kappa shape index (κ2) is 7.55. The first-order valence-corrected chi connectivity index (χ1v) is 9.82. The molecule has 26 heavy (non-hydrogen) atoms. The molecule has 2 heterocycles. The Labute approximate surface area is 162 Å². The van der Waals surface area contributed by atoms with E-state index >= 15 is 0 Å². The molecule has 0 radical (unpaired) electrons. The van der Waals surface area contributed by atoms with Gasteiger partial charge in [0.2, 0.25) is 0 Å². The van der Waals surface area contributed by atoms with Crippen LogP contribution in [0.5, 0.6) is 5.75 Å². The molecule has 0 N–H and O–H groups in total. The van der Waals surface area contributed by atoms with Gasteiger partial charge in [-0.15, -0.1) is 0 Å². The molecule has 1 aromatic heterocycles. The number of hydrogen-bond donors (Lipinski definition) is 0. The van der Waals surface area contributed by atoms with E-state index < -0.39 is 5.97 Å². The number of fused-ring (bicyclic) bond motifs is 1. The maximum absolute atomic E-state index is 12.4. The normalized spacial score (nSPS) is 23.2. The van der Waals surface area contributed by atoms with Crippen LogP contribution in [-0.2, 0) is 14.3 Å². The van der Waals surface area contributed by atoms with Gasteiger partial charge in [0.25, 0.3) is 5.91 Å². The number of rotatable bonds is 3. The topological polar surface area (TPSA) is 68.7 Å². The maximum Gasteiger partial charge on any atom is 0.326 e. The summed E-state index contributed by atoms with van der Waals surface area (Å²) in [6.45, 7) is 6.54. The number of carbonyl (C=O) groups is 2. The predicted molar refractivity (Wildman–Crippen MR) is 101 cm³/mol. The van der Waals surface area contributed by atoms with Crippen molar-refractivity contribution >= 4 is 33.6 Å². The minimum Gasteiger partial charge on any atom is -0.480 e. The molecule has 1 saturated carbocycles. The lowest BCUT2D eigenvalue weighted by Gasteiger charge is -2.36. The fourth-order valence-corrected chi connectivity index (χ4v) is 3.92. The standard InChI is InChI=1S/C19H25BrN2O4/c1-19(2,3)12-4-6-13(7-5-12)26-17(24)10-22-16(23)11-25-14-8-9-15(20)21-18(14)22/h8-9,12-13H,4-7,10-11H2,1-3H3. The van der Waals surface area contributed by atoms with E-state index in [0.717, 1.165) is 25.7 Å². The number of pyridine rings is 1. The highest BCUT2D eigenvalue weighted by molar-refractivity contribution is 9.10. The Bertz CT molecular complexity index is 693. The van der Waals surface area contributed by atoms with Crippen LogP contribution in [0, 0.1) is 11.3 Å². The second-order valence-electron chi connectivity index (χ2n) is 8.05. The van der Waals surface area contributed by atoms with Crippen molar-refractivity contribution in [3.63, 3.8) is 0 Å². The van der Waals surface area contributed by atoms with Gasteiger partial charge in [0.15, 0.2) is 18.2 Å². The number of aromatic nitrogens is 1. The lowest BCUT2D eigenvalue weighted by Crippen LogP contribution is -2.43. The molecule has 1 aliphatic carbocycles. The summed E-state index contributed by atoms with van der Waals surface area (Å²) in [6, 6.07) is 3.46. The van der Waals surface area contributed by atoms with Crippen molar-refractivity contribution in [3.8, 4) is 5.75 Å².